The van der Waals surface area contributed by atoms with Crippen LogP contribution in [0.5, 0.6) is 0 Å². The smallest absolute Gasteiger partial charge is 0.227 e. The molecule has 0 radical (unpaired) electrons. The molecule has 4 rings (SSSR count). The first-order valence-electron chi connectivity index (χ1n) is 10.3. The van der Waals surface area contributed by atoms with Crippen LogP contribution in [0.1, 0.15) is 34.7 Å². The first-order chi connectivity index (χ1) is 14.3. The quantitative estimate of drug-likeness (QED) is 0.761. The average Bonchev–Trinajstić information content (AvgIpc) is 3.26. The van der Waals surface area contributed by atoms with Crippen molar-refractivity contribution in [2.75, 3.05) is 26.7 Å². The van der Waals surface area contributed by atoms with Crippen LogP contribution in [-0.4, -0.2) is 62.0 Å². The van der Waals surface area contributed by atoms with Gasteiger partial charge in [0.05, 0.1) is 30.1 Å². The zero-order valence-electron chi connectivity index (χ0n) is 17.2. The molecule has 2 aliphatic heterocycles. The maximum Gasteiger partial charge on any atom is 0.227 e. The molecule has 2 aromatic carbocycles. The molecule has 1 saturated heterocycles. The van der Waals surface area contributed by atoms with Crippen LogP contribution < -0.4 is 0 Å². The number of rotatable bonds is 6. The Balaban J connectivity index is 1.50. The third-order valence-corrected chi connectivity index (χ3v) is 7.60. The van der Waals surface area contributed by atoms with Crippen molar-refractivity contribution < 1.29 is 18.3 Å². The lowest BCUT2D eigenvalue weighted by Gasteiger charge is -2.32. The van der Waals surface area contributed by atoms with Gasteiger partial charge in [-0.3, -0.25) is 9.69 Å². The van der Waals surface area contributed by atoms with Crippen LogP contribution in [0.2, 0.25) is 0 Å². The Hall–Kier alpha value is -2.22. The highest BCUT2D eigenvalue weighted by Gasteiger charge is 2.29. The minimum Gasteiger partial charge on any atom is -0.392 e. The van der Waals surface area contributed by atoms with Crippen molar-refractivity contribution in [3.63, 3.8) is 0 Å². The number of sulfone groups is 1. The number of carbonyl (C=O) groups excluding carboxylic acids is 1. The molecule has 0 bridgehead atoms. The van der Waals surface area contributed by atoms with E-state index in [9.17, 15) is 18.3 Å². The normalized spacial score (nSPS) is 21.3. The Morgan fingerprint density at radius 2 is 1.90 bits per heavy atom. The van der Waals surface area contributed by atoms with E-state index in [4.69, 9.17) is 0 Å². The van der Waals surface area contributed by atoms with Gasteiger partial charge < -0.3 is 10.0 Å². The van der Waals surface area contributed by atoms with Crippen LogP contribution in [0.15, 0.2) is 48.5 Å². The zero-order chi connectivity index (χ0) is 21.3. The van der Waals surface area contributed by atoms with E-state index in [0.717, 1.165) is 35.2 Å². The molecule has 0 aromatic heterocycles. The minimum absolute atomic E-state index is 0.00981. The molecule has 1 N–H and O–H groups in total. The van der Waals surface area contributed by atoms with Crippen molar-refractivity contribution in [1.29, 1.82) is 0 Å². The summed E-state index contributed by atoms with van der Waals surface area (Å²) in [6.07, 6.45) is 0.692. The number of carbonyl (C=O) groups is 1. The van der Waals surface area contributed by atoms with Crippen LogP contribution in [0, 0.1) is 0 Å². The van der Waals surface area contributed by atoms with Crippen molar-refractivity contribution in [3.05, 3.63) is 70.8 Å². The van der Waals surface area contributed by atoms with Gasteiger partial charge in [-0.05, 0) is 28.7 Å². The summed E-state index contributed by atoms with van der Waals surface area (Å²) >= 11 is 0. The minimum atomic E-state index is -3.06. The summed E-state index contributed by atoms with van der Waals surface area (Å²) in [5.74, 6) is 0.141. The number of amides is 1. The Bertz CT molecular complexity index is 1020. The topological polar surface area (TPSA) is 77.9 Å². The number of hydrogen-bond donors (Lipinski definition) is 1. The fraction of sp³-hybridized carbons (Fsp3) is 0.435. The third kappa shape index (κ3) is 4.74. The number of nitrogens with zero attached hydrogens (tertiary/aromatic N) is 2. The van der Waals surface area contributed by atoms with Gasteiger partial charge in [-0.1, -0.05) is 48.5 Å². The molecule has 30 heavy (non-hydrogen) atoms. The molecule has 1 fully saturated rings. The molecular weight excluding hydrogens is 400 g/mol. The molecule has 2 atom stereocenters. The van der Waals surface area contributed by atoms with Gasteiger partial charge in [0.2, 0.25) is 5.91 Å². The Morgan fingerprint density at radius 1 is 1.17 bits per heavy atom. The second-order valence-electron chi connectivity index (χ2n) is 8.45. The summed E-state index contributed by atoms with van der Waals surface area (Å²) in [5.41, 5.74) is 3.56. The van der Waals surface area contributed by atoms with E-state index in [1.165, 1.54) is 0 Å². The van der Waals surface area contributed by atoms with E-state index in [2.05, 4.69) is 4.90 Å². The predicted molar refractivity (Wildman–Crippen MR) is 115 cm³/mol. The van der Waals surface area contributed by atoms with Gasteiger partial charge in [-0.25, -0.2) is 8.42 Å². The summed E-state index contributed by atoms with van der Waals surface area (Å²) in [7, 11) is -1.23. The lowest BCUT2D eigenvalue weighted by Crippen LogP contribution is -2.39. The summed E-state index contributed by atoms with van der Waals surface area (Å²) in [5, 5.41) is 9.87. The molecule has 160 valence electrons. The first kappa shape index (κ1) is 21.0. The number of hydrogen-bond acceptors (Lipinski definition) is 5. The molecule has 6 nitrogen and oxygen atoms in total. The van der Waals surface area contributed by atoms with E-state index < -0.39 is 9.84 Å². The number of likely N-dealkylation sites (N-methyl/N-ethyl adjacent to an activating group) is 1. The van der Waals surface area contributed by atoms with E-state index in [1.807, 2.05) is 55.6 Å². The van der Waals surface area contributed by atoms with E-state index >= 15 is 0 Å². The molecular formula is C23H28N2O4S. The monoisotopic (exact) mass is 428 g/mol. The van der Waals surface area contributed by atoms with Crippen molar-refractivity contribution >= 4 is 15.7 Å². The van der Waals surface area contributed by atoms with E-state index in [1.54, 1.807) is 4.90 Å². The maximum atomic E-state index is 13.1. The standard InChI is InChI=1S/C23H28N2O4S/c1-24(22(18-5-3-2-4-6-18)14-25-10-9-21(26)13-25)23(27)12-17-7-8-19-15-30(28,29)16-20(19)11-17/h2-8,11,21-22,26H,9-10,12-16H2,1H3/t21-,22-/m1/s1. The zero-order valence-corrected chi connectivity index (χ0v) is 18.0. The molecule has 0 spiro atoms. The van der Waals surface area contributed by atoms with Gasteiger partial charge in [0.25, 0.3) is 0 Å². The highest BCUT2D eigenvalue weighted by Crippen LogP contribution is 2.27. The van der Waals surface area contributed by atoms with Crippen LogP contribution >= 0.6 is 0 Å². The Labute approximate surface area is 178 Å². The van der Waals surface area contributed by atoms with Crippen molar-refractivity contribution in [1.82, 2.24) is 9.80 Å². The van der Waals surface area contributed by atoms with Crippen LogP contribution in [-0.2, 0) is 32.6 Å². The first-order valence-corrected chi connectivity index (χ1v) is 12.1. The summed E-state index contributed by atoms with van der Waals surface area (Å²) in [4.78, 5) is 17.1. The van der Waals surface area contributed by atoms with Gasteiger partial charge in [0.1, 0.15) is 0 Å². The SMILES string of the molecule is CN(C(=O)Cc1ccc2c(c1)CS(=O)(=O)C2)[C@H](CN1CC[C@@H](O)C1)c1ccccc1. The van der Waals surface area contributed by atoms with Crippen LogP contribution in [0.25, 0.3) is 0 Å². The summed E-state index contributed by atoms with van der Waals surface area (Å²) in [6.45, 7) is 2.13. The van der Waals surface area contributed by atoms with Crippen LogP contribution in [0.4, 0.5) is 0 Å². The molecule has 0 aliphatic carbocycles. The molecule has 1 amide bonds. The number of β-amino-alcohol motifs (C(OH)–C–C–N with tert-alkyl or cyclic N) is 1. The maximum absolute atomic E-state index is 13.1. The lowest BCUT2D eigenvalue weighted by molar-refractivity contribution is -0.131. The number of benzene rings is 2. The molecule has 7 heteroatoms. The number of aliphatic hydroxyl groups excluding tert-OH is 1. The van der Waals surface area contributed by atoms with Gasteiger partial charge in [-0.2, -0.15) is 0 Å². The molecule has 2 heterocycles. The van der Waals surface area contributed by atoms with Gasteiger partial charge in [0, 0.05) is 26.7 Å². The molecule has 0 saturated carbocycles. The van der Waals surface area contributed by atoms with E-state index in [0.29, 0.717) is 13.1 Å². The fourth-order valence-corrected chi connectivity index (χ4v) is 6.01. The van der Waals surface area contributed by atoms with E-state index in [-0.39, 0.29) is 36.0 Å². The number of aliphatic hydroxyl groups is 1. The highest BCUT2D eigenvalue weighted by atomic mass is 32.2. The highest BCUT2D eigenvalue weighted by molar-refractivity contribution is 7.90. The second-order valence-corrected chi connectivity index (χ2v) is 10.5. The van der Waals surface area contributed by atoms with Crippen LogP contribution in [0.3, 0.4) is 0 Å². The Kier molecular flexibility index (Phi) is 5.95. The van der Waals surface area contributed by atoms with Gasteiger partial charge >= 0.3 is 0 Å². The number of fused-ring (bicyclic) bond motifs is 1. The van der Waals surface area contributed by atoms with Crippen molar-refractivity contribution in [2.24, 2.45) is 0 Å². The predicted octanol–water partition coefficient (Wildman–Crippen LogP) is 1.92. The summed E-state index contributed by atoms with van der Waals surface area (Å²) in [6, 6.07) is 15.4. The fourth-order valence-electron chi connectivity index (χ4n) is 4.41. The molecule has 0 unspecified atom stereocenters. The third-order valence-electron chi connectivity index (χ3n) is 6.10. The van der Waals surface area contributed by atoms with Gasteiger partial charge in [0.15, 0.2) is 9.84 Å². The molecule has 2 aliphatic rings. The average molecular weight is 429 g/mol. The summed E-state index contributed by atoms with van der Waals surface area (Å²) < 4.78 is 23.7. The molecule has 2 aromatic rings. The van der Waals surface area contributed by atoms with Crippen molar-refractivity contribution in [2.45, 2.75) is 36.5 Å². The van der Waals surface area contributed by atoms with Gasteiger partial charge in [-0.15, -0.1) is 0 Å². The Morgan fingerprint density at radius 3 is 2.60 bits per heavy atom. The van der Waals surface area contributed by atoms with Crippen molar-refractivity contribution in [3.8, 4) is 0 Å². The largest absolute Gasteiger partial charge is 0.392 e. The number of likely N-dealkylation sites (tertiary alicyclic amines) is 1. The lowest BCUT2D eigenvalue weighted by atomic mass is 10.0. The second kappa shape index (κ2) is 8.49.